The average molecular weight is 431 g/mol. The van der Waals surface area contributed by atoms with Crippen LogP contribution in [0.1, 0.15) is 15.9 Å². The zero-order valence-electron chi connectivity index (χ0n) is 17.4. The SMILES string of the molecule is O=C(c1ccc2c(c1)oc(=O)n2CN1CCN(c2ccccc2)CC1)c1ccccc1F. The summed E-state index contributed by atoms with van der Waals surface area (Å²) in [5.41, 5.74) is 2.40. The van der Waals surface area contributed by atoms with E-state index in [0.717, 1.165) is 26.2 Å². The van der Waals surface area contributed by atoms with Gasteiger partial charge in [-0.3, -0.25) is 14.3 Å². The summed E-state index contributed by atoms with van der Waals surface area (Å²) in [4.78, 5) is 29.7. The molecular weight excluding hydrogens is 409 g/mol. The molecule has 2 heterocycles. The standard InChI is InChI=1S/C25H22FN3O3/c26-21-9-5-4-8-20(21)24(30)18-10-11-22-23(16-18)32-25(31)29(22)17-27-12-14-28(15-13-27)19-6-2-1-3-7-19/h1-11,16H,12-15,17H2. The topological polar surface area (TPSA) is 58.7 Å². The second kappa shape index (κ2) is 8.43. The highest BCUT2D eigenvalue weighted by atomic mass is 19.1. The number of ketones is 1. The summed E-state index contributed by atoms with van der Waals surface area (Å²) in [5.74, 6) is -1.50. The molecule has 0 N–H and O–H groups in total. The van der Waals surface area contributed by atoms with Gasteiger partial charge in [-0.2, -0.15) is 0 Å². The molecule has 6 nitrogen and oxygen atoms in total. The molecule has 0 atom stereocenters. The van der Waals surface area contributed by atoms with Gasteiger partial charge in [0, 0.05) is 37.4 Å². The number of nitrogens with zero attached hydrogens (tertiary/aromatic N) is 3. The van der Waals surface area contributed by atoms with Crippen molar-refractivity contribution in [2.24, 2.45) is 0 Å². The number of para-hydroxylation sites is 1. The van der Waals surface area contributed by atoms with E-state index < -0.39 is 17.4 Å². The van der Waals surface area contributed by atoms with E-state index in [2.05, 4.69) is 21.9 Å². The minimum absolute atomic E-state index is 0.00934. The van der Waals surface area contributed by atoms with Crippen LogP contribution in [-0.4, -0.2) is 41.4 Å². The van der Waals surface area contributed by atoms with Crippen LogP contribution >= 0.6 is 0 Å². The molecule has 0 bridgehead atoms. The van der Waals surface area contributed by atoms with Crippen LogP contribution in [0.15, 0.2) is 82.0 Å². The summed E-state index contributed by atoms with van der Waals surface area (Å²) < 4.78 is 21.0. The predicted octanol–water partition coefficient (Wildman–Crippen LogP) is 3.74. The van der Waals surface area contributed by atoms with E-state index in [1.807, 2.05) is 18.2 Å². The van der Waals surface area contributed by atoms with Crippen LogP contribution in [0.5, 0.6) is 0 Å². The highest BCUT2D eigenvalue weighted by Gasteiger charge is 2.21. The van der Waals surface area contributed by atoms with Crippen molar-refractivity contribution >= 4 is 22.6 Å². The minimum Gasteiger partial charge on any atom is -0.408 e. The van der Waals surface area contributed by atoms with Crippen LogP contribution in [0, 0.1) is 5.82 Å². The lowest BCUT2D eigenvalue weighted by molar-refractivity contribution is 0.103. The lowest BCUT2D eigenvalue weighted by Crippen LogP contribution is -2.47. The predicted molar refractivity (Wildman–Crippen MR) is 121 cm³/mol. The molecule has 162 valence electrons. The van der Waals surface area contributed by atoms with Crippen molar-refractivity contribution in [3.05, 3.63) is 100 Å². The fourth-order valence-corrected chi connectivity index (χ4v) is 4.13. The molecule has 0 unspecified atom stereocenters. The molecule has 5 rings (SSSR count). The lowest BCUT2D eigenvalue weighted by Gasteiger charge is -2.36. The maximum absolute atomic E-state index is 14.0. The lowest BCUT2D eigenvalue weighted by atomic mass is 10.0. The van der Waals surface area contributed by atoms with Gasteiger partial charge in [0.05, 0.1) is 17.7 Å². The Morgan fingerprint density at radius 3 is 2.38 bits per heavy atom. The van der Waals surface area contributed by atoms with Gasteiger partial charge in [0.2, 0.25) is 0 Å². The number of piperazine rings is 1. The molecule has 1 aliphatic rings. The Morgan fingerprint density at radius 1 is 0.906 bits per heavy atom. The Hall–Kier alpha value is -3.71. The van der Waals surface area contributed by atoms with E-state index >= 15 is 0 Å². The molecule has 1 aromatic heterocycles. The second-order valence-electron chi connectivity index (χ2n) is 7.87. The average Bonchev–Trinajstić information content (AvgIpc) is 3.14. The second-order valence-corrected chi connectivity index (χ2v) is 7.87. The summed E-state index contributed by atoms with van der Waals surface area (Å²) >= 11 is 0. The number of hydrogen-bond acceptors (Lipinski definition) is 5. The maximum atomic E-state index is 14.0. The Labute approximate surface area is 184 Å². The van der Waals surface area contributed by atoms with E-state index in [-0.39, 0.29) is 11.1 Å². The Balaban J connectivity index is 1.33. The molecular formula is C25H22FN3O3. The number of fused-ring (bicyclic) bond motifs is 1. The van der Waals surface area contributed by atoms with Gasteiger partial charge in [0.1, 0.15) is 5.82 Å². The zero-order valence-corrected chi connectivity index (χ0v) is 17.4. The Morgan fingerprint density at radius 2 is 1.62 bits per heavy atom. The van der Waals surface area contributed by atoms with Gasteiger partial charge in [0.25, 0.3) is 0 Å². The van der Waals surface area contributed by atoms with E-state index in [4.69, 9.17) is 4.42 Å². The smallest absolute Gasteiger partial charge is 0.408 e. The number of carbonyl (C=O) groups excluding carboxylic acids is 1. The number of benzene rings is 3. The van der Waals surface area contributed by atoms with Crippen molar-refractivity contribution in [1.29, 1.82) is 0 Å². The van der Waals surface area contributed by atoms with E-state index in [9.17, 15) is 14.0 Å². The van der Waals surface area contributed by atoms with E-state index in [1.165, 1.54) is 30.0 Å². The van der Waals surface area contributed by atoms with E-state index in [1.54, 1.807) is 22.8 Å². The van der Waals surface area contributed by atoms with Crippen LogP contribution in [0.2, 0.25) is 0 Å². The molecule has 0 amide bonds. The van der Waals surface area contributed by atoms with Crippen LogP contribution < -0.4 is 10.7 Å². The van der Waals surface area contributed by atoms with Crippen LogP contribution in [-0.2, 0) is 6.67 Å². The first-order chi connectivity index (χ1) is 15.6. The van der Waals surface area contributed by atoms with Crippen molar-refractivity contribution in [3.63, 3.8) is 0 Å². The van der Waals surface area contributed by atoms with Gasteiger partial charge in [-0.15, -0.1) is 0 Å². The summed E-state index contributed by atoms with van der Waals surface area (Å²) in [6, 6.07) is 20.9. The highest BCUT2D eigenvalue weighted by Crippen LogP contribution is 2.20. The molecule has 0 aliphatic carbocycles. The number of halogens is 1. The molecule has 1 aliphatic heterocycles. The van der Waals surface area contributed by atoms with Gasteiger partial charge in [-0.05, 0) is 42.5 Å². The Kier molecular flexibility index (Phi) is 5.33. The quantitative estimate of drug-likeness (QED) is 0.451. The van der Waals surface area contributed by atoms with Crippen LogP contribution in [0.3, 0.4) is 0 Å². The number of hydrogen-bond donors (Lipinski definition) is 0. The third-order valence-corrected chi connectivity index (χ3v) is 5.88. The van der Waals surface area contributed by atoms with Gasteiger partial charge < -0.3 is 9.32 Å². The van der Waals surface area contributed by atoms with Gasteiger partial charge in [-0.25, -0.2) is 9.18 Å². The first kappa shape index (κ1) is 20.2. The first-order valence-electron chi connectivity index (χ1n) is 10.5. The normalized spacial score (nSPS) is 14.7. The zero-order chi connectivity index (χ0) is 22.1. The Bertz CT molecular complexity index is 1320. The van der Waals surface area contributed by atoms with E-state index in [0.29, 0.717) is 17.8 Å². The molecule has 4 aromatic rings. The number of rotatable bonds is 5. The third kappa shape index (κ3) is 3.83. The van der Waals surface area contributed by atoms with Gasteiger partial charge >= 0.3 is 5.76 Å². The number of aromatic nitrogens is 1. The minimum atomic E-state index is -0.578. The molecule has 0 saturated carbocycles. The van der Waals surface area contributed by atoms with Crippen molar-refractivity contribution in [1.82, 2.24) is 9.47 Å². The maximum Gasteiger partial charge on any atom is 0.421 e. The summed E-state index contributed by atoms with van der Waals surface area (Å²) in [6.45, 7) is 3.79. The third-order valence-electron chi connectivity index (χ3n) is 5.88. The van der Waals surface area contributed by atoms with Crippen molar-refractivity contribution in [2.75, 3.05) is 31.1 Å². The van der Waals surface area contributed by atoms with Crippen molar-refractivity contribution in [2.45, 2.75) is 6.67 Å². The largest absolute Gasteiger partial charge is 0.421 e. The van der Waals surface area contributed by atoms with Crippen LogP contribution in [0.25, 0.3) is 11.1 Å². The first-order valence-corrected chi connectivity index (χ1v) is 10.5. The molecule has 1 fully saturated rings. The monoisotopic (exact) mass is 431 g/mol. The summed E-state index contributed by atoms with van der Waals surface area (Å²) in [7, 11) is 0. The summed E-state index contributed by atoms with van der Waals surface area (Å²) in [5, 5.41) is 0. The van der Waals surface area contributed by atoms with Crippen molar-refractivity contribution < 1.29 is 13.6 Å². The molecule has 1 saturated heterocycles. The fourth-order valence-electron chi connectivity index (χ4n) is 4.13. The van der Waals surface area contributed by atoms with Crippen molar-refractivity contribution in [3.8, 4) is 0 Å². The molecule has 0 radical (unpaired) electrons. The number of carbonyl (C=O) groups is 1. The number of oxazole rings is 1. The molecule has 3 aromatic carbocycles. The highest BCUT2D eigenvalue weighted by molar-refractivity contribution is 6.10. The molecule has 32 heavy (non-hydrogen) atoms. The van der Waals surface area contributed by atoms with Gasteiger partial charge in [-0.1, -0.05) is 30.3 Å². The van der Waals surface area contributed by atoms with Gasteiger partial charge in [0.15, 0.2) is 11.4 Å². The molecule has 0 spiro atoms. The molecule has 7 heteroatoms. The fraction of sp³-hybridized carbons (Fsp3) is 0.200. The van der Waals surface area contributed by atoms with Crippen LogP contribution in [0.4, 0.5) is 10.1 Å². The number of anilines is 1. The summed E-state index contributed by atoms with van der Waals surface area (Å²) in [6.07, 6.45) is 0.